The van der Waals surface area contributed by atoms with Crippen LogP contribution in [0, 0.1) is 18.3 Å². The Bertz CT molecular complexity index is 1290. The molecule has 1 unspecified atom stereocenters. The van der Waals surface area contributed by atoms with Gasteiger partial charge >= 0.3 is 5.97 Å². The van der Waals surface area contributed by atoms with Crippen molar-refractivity contribution in [3.63, 3.8) is 0 Å². The van der Waals surface area contributed by atoms with Gasteiger partial charge < -0.3 is 15.4 Å². The number of carbonyl (C=O) groups is 2. The van der Waals surface area contributed by atoms with E-state index in [0.29, 0.717) is 37.6 Å². The van der Waals surface area contributed by atoms with E-state index in [-0.39, 0.29) is 11.7 Å². The SMILES string of the molecule is CC1=C(C(=O)OC(C)(C)C)C(c2ccc(Cl)cc2)C(C#N)=C(SCC(=O)Nc2ccc(C)c(Cl)c2)N1. The number of nitrogens with zero attached hydrogens (tertiary/aromatic N) is 1. The third kappa shape index (κ3) is 6.85. The van der Waals surface area contributed by atoms with Gasteiger partial charge in [0.25, 0.3) is 0 Å². The molecular weight excluding hydrogens is 517 g/mol. The number of halogens is 2. The van der Waals surface area contributed by atoms with Gasteiger partial charge in [0.2, 0.25) is 5.91 Å². The highest BCUT2D eigenvalue weighted by Crippen LogP contribution is 2.41. The Labute approximate surface area is 225 Å². The van der Waals surface area contributed by atoms with Gasteiger partial charge in [-0.25, -0.2) is 4.79 Å². The summed E-state index contributed by atoms with van der Waals surface area (Å²) in [5, 5.41) is 17.7. The van der Waals surface area contributed by atoms with Crippen molar-refractivity contribution in [2.45, 2.75) is 46.1 Å². The average molecular weight is 545 g/mol. The molecule has 36 heavy (non-hydrogen) atoms. The molecule has 0 saturated carbocycles. The first-order chi connectivity index (χ1) is 16.9. The number of anilines is 1. The van der Waals surface area contributed by atoms with E-state index in [2.05, 4.69) is 16.7 Å². The fourth-order valence-electron chi connectivity index (χ4n) is 3.62. The second kappa shape index (κ2) is 11.4. The molecular formula is C27H27Cl2N3O3S. The zero-order valence-electron chi connectivity index (χ0n) is 20.7. The summed E-state index contributed by atoms with van der Waals surface area (Å²) in [5.41, 5.74) is 2.72. The van der Waals surface area contributed by atoms with Crippen LogP contribution in [0.5, 0.6) is 0 Å². The molecule has 0 spiro atoms. The molecule has 9 heteroatoms. The number of ether oxygens (including phenoxy) is 1. The number of aryl methyl sites for hydroxylation is 1. The van der Waals surface area contributed by atoms with E-state index in [1.165, 1.54) is 11.8 Å². The number of hydrogen-bond acceptors (Lipinski definition) is 6. The summed E-state index contributed by atoms with van der Waals surface area (Å²) < 4.78 is 5.66. The average Bonchev–Trinajstić information content (AvgIpc) is 2.79. The zero-order valence-corrected chi connectivity index (χ0v) is 23.0. The first-order valence-corrected chi connectivity index (χ1v) is 12.9. The van der Waals surface area contributed by atoms with Gasteiger partial charge in [-0.15, -0.1) is 0 Å². The van der Waals surface area contributed by atoms with Crippen molar-refractivity contribution in [3.8, 4) is 6.07 Å². The van der Waals surface area contributed by atoms with Crippen LogP contribution in [0.15, 0.2) is 64.3 Å². The third-order valence-electron chi connectivity index (χ3n) is 5.27. The Morgan fingerprint density at radius 1 is 1.14 bits per heavy atom. The maximum atomic E-state index is 13.2. The number of nitrogens with one attached hydrogen (secondary N) is 2. The van der Waals surface area contributed by atoms with Gasteiger partial charge in [-0.2, -0.15) is 5.26 Å². The van der Waals surface area contributed by atoms with Crippen molar-refractivity contribution in [2.24, 2.45) is 0 Å². The number of nitriles is 1. The summed E-state index contributed by atoms with van der Waals surface area (Å²) in [6.07, 6.45) is 0. The predicted octanol–water partition coefficient (Wildman–Crippen LogP) is 6.71. The van der Waals surface area contributed by atoms with E-state index in [1.54, 1.807) is 64.1 Å². The summed E-state index contributed by atoms with van der Waals surface area (Å²) >= 11 is 13.4. The predicted molar refractivity (Wildman–Crippen MR) is 146 cm³/mol. The van der Waals surface area contributed by atoms with E-state index in [4.69, 9.17) is 27.9 Å². The highest BCUT2D eigenvalue weighted by molar-refractivity contribution is 8.03. The number of dihydropyridines is 1. The van der Waals surface area contributed by atoms with Crippen LogP contribution in [0.25, 0.3) is 0 Å². The van der Waals surface area contributed by atoms with Crippen LogP contribution in [0.1, 0.15) is 44.7 Å². The molecule has 1 aliphatic rings. The number of benzene rings is 2. The lowest BCUT2D eigenvalue weighted by atomic mass is 9.82. The van der Waals surface area contributed by atoms with Crippen LogP contribution in [0.3, 0.4) is 0 Å². The molecule has 0 radical (unpaired) electrons. The number of amides is 1. The topological polar surface area (TPSA) is 91.2 Å². The number of thioether (sulfide) groups is 1. The van der Waals surface area contributed by atoms with E-state index >= 15 is 0 Å². The minimum atomic E-state index is -0.711. The monoisotopic (exact) mass is 543 g/mol. The molecule has 188 valence electrons. The summed E-state index contributed by atoms with van der Waals surface area (Å²) in [7, 11) is 0. The van der Waals surface area contributed by atoms with Crippen molar-refractivity contribution < 1.29 is 14.3 Å². The van der Waals surface area contributed by atoms with E-state index in [1.807, 2.05) is 13.0 Å². The first-order valence-electron chi connectivity index (χ1n) is 11.2. The molecule has 2 N–H and O–H groups in total. The van der Waals surface area contributed by atoms with Crippen LogP contribution in [-0.4, -0.2) is 23.2 Å². The number of esters is 1. The summed E-state index contributed by atoms with van der Waals surface area (Å²) in [4.78, 5) is 25.8. The van der Waals surface area contributed by atoms with Gasteiger partial charge in [-0.05, 0) is 70.0 Å². The quantitative estimate of drug-likeness (QED) is 0.393. The van der Waals surface area contributed by atoms with Crippen LogP contribution in [0.2, 0.25) is 10.0 Å². The second-order valence-electron chi connectivity index (χ2n) is 9.31. The Morgan fingerprint density at radius 2 is 1.81 bits per heavy atom. The third-order valence-corrected chi connectivity index (χ3v) is 6.95. The number of hydrogen-bond donors (Lipinski definition) is 2. The smallest absolute Gasteiger partial charge is 0.337 e. The van der Waals surface area contributed by atoms with Crippen molar-refractivity contribution >= 4 is 52.5 Å². The molecule has 0 saturated heterocycles. The molecule has 1 aliphatic heterocycles. The van der Waals surface area contributed by atoms with Crippen molar-refractivity contribution in [1.29, 1.82) is 5.26 Å². The fraction of sp³-hybridized carbons (Fsp3) is 0.296. The maximum absolute atomic E-state index is 13.2. The largest absolute Gasteiger partial charge is 0.457 e. The van der Waals surface area contributed by atoms with E-state index in [9.17, 15) is 14.9 Å². The lowest BCUT2D eigenvalue weighted by molar-refractivity contribution is -0.150. The number of carbonyl (C=O) groups excluding carboxylic acids is 2. The summed E-state index contributed by atoms with van der Waals surface area (Å²) in [6.45, 7) is 9.00. The summed E-state index contributed by atoms with van der Waals surface area (Å²) in [6, 6.07) is 14.5. The van der Waals surface area contributed by atoms with Crippen molar-refractivity contribution in [1.82, 2.24) is 5.32 Å². The number of rotatable bonds is 6. The molecule has 1 atom stereocenters. The lowest BCUT2D eigenvalue weighted by Gasteiger charge is -2.31. The van der Waals surface area contributed by atoms with Crippen molar-refractivity contribution in [2.75, 3.05) is 11.1 Å². The minimum absolute atomic E-state index is 0.0431. The Morgan fingerprint density at radius 3 is 2.39 bits per heavy atom. The second-order valence-corrected chi connectivity index (χ2v) is 11.1. The van der Waals surface area contributed by atoms with E-state index in [0.717, 1.165) is 11.1 Å². The van der Waals surface area contributed by atoms with Crippen LogP contribution >= 0.6 is 35.0 Å². The van der Waals surface area contributed by atoms with Gasteiger partial charge in [0.15, 0.2) is 0 Å². The van der Waals surface area contributed by atoms with Gasteiger partial charge in [0.1, 0.15) is 5.60 Å². The zero-order chi connectivity index (χ0) is 26.6. The molecule has 0 fully saturated rings. The van der Waals surface area contributed by atoms with Crippen LogP contribution in [-0.2, 0) is 14.3 Å². The van der Waals surface area contributed by atoms with Gasteiger partial charge in [-0.3, -0.25) is 4.79 Å². The highest BCUT2D eigenvalue weighted by atomic mass is 35.5. The highest BCUT2D eigenvalue weighted by Gasteiger charge is 2.37. The first kappa shape index (κ1) is 27.7. The Hall–Kier alpha value is -2.92. The standard InChI is InChI=1S/C27H27Cl2N3O3S/c1-15-6-11-19(12-21(15)29)32-22(33)14-36-25-20(13-30)24(17-7-9-18(28)10-8-17)23(16(2)31-25)26(34)35-27(3,4)5/h6-12,24,31H,14H2,1-5H3,(H,32,33). The Balaban J connectivity index is 1.91. The molecule has 2 aromatic rings. The molecule has 3 rings (SSSR count). The molecule has 0 bridgehead atoms. The van der Waals surface area contributed by atoms with Gasteiger partial charge in [-0.1, -0.05) is 53.2 Å². The fourth-order valence-corrected chi connectivity index (χ4v) is 4.82. The summed E-state index contributed by atoms with van der Waals surface area (Å²) in [5.74, 6) is -1.40. The van der Waals surface area contributed by atoms with Crippen LogP contribution in [0.4, 0.5) is 5.69 Å². The lowest BCUT2D eigenvalue weighted by Crippen LogP contribution is -2.32. The molecule has 0 aromatic heterocycles. The van der Waals surface area contributed by atoms with Crippen LogP contribution < -0.4 is 10.6 Å². The minimum Gasteiger partial charge on any atom is -0.457 e. The van der Waals surface area contributed by atoms with Gasteiger partial charge in [0, 0.05) is 21.4 Å². The maximum Gasteiger partial charge on any atom is 0.337 e. The molecule has 1 amide bonds. The molecule has 6 nitrogen and oxygen atoms in total. The number of allylic oxidation sites excluding steroid dienone is 2. The molecule has 2 aromatic carbocycles. The molecule has 0 aliphatic carbocycles. The molecule has 1 heterocycles. The normalized spacial score (nSPS) is 15.8. The van der Waals surface area contributed by atoms with Crippen molar-refractivity contribution in [3.05, 3.63) is 85.5 Å². The Kier molecular flexibility index (Phi) is 8.78. The van der Waals surface area contributed by atoms with E-state index < -0.39 is 17.5 Å². The van der Waals surface area contributed by atoms with Gasteiger partial charge in [0.05, 0.1) is 33.9 Å².